The van der Waals surface area contributed by atoms with E-state index in [4.69, 9.17) is 14.2 Å². The summed E-state index contributed by atoms with van der Waals surface area (Å²) in [6.45, 7) is 9.02. The number of hydrogen-bond acceptors (Lipinski definition) is 6. The van der Waals surface area contributed by atoms with Crippen molar-refractivity contribution in [1.82, 2.24) is 0 Å². The quantitative estimate of drug-likeness (QED) is 0.0346. The van der Waals surface area contributed by atoms with Crippen molar-refractivity contribution in [2.45, 2.75) is 291 Å². The summed E-state index contributed by atoms with van der Waals surface area (Å²) in [7, 11) is 0. The third-order valence-electron chi connectivity index (χ3n) is 11.9. The number of carbonyl (C=O) groups excluding carboxylic acids is 3. The fourth-order valence-electron chi connectivity index (χ4n) is 7.66. The van der Waals surface area contributed by atoms with Crippen LogP contribution in [0, 0.1) is 5.92 Å². The lowest BCUT2D eigenvalue weighted by molar-refractivity contribution is -0.167. The molecule has 0 aromatic heterocycles. The third kappa shape index (κ3) is 43.8. The van der Waals surface area contributed by atoms with Crippen molar-refractivity contribution >= 4 is 17.9 Å². The van der Waals surface area contributed by atoms with Crippen LogP contribution in [0.5, 0.6) is 0 Å². The lowest BCUT2D eigenvalue weighted by Crippen LogP contribution is -2.30. The van der Waals surface area contributed by atoms with Gasteiger partial charge in [-0.2, -0.15) is 0 Å². The molecule has 0 spiro atoms. The van der Waals surface area contributed by atoms with Gasteiger partial charge in [0.05, 0.1) is 0 Å². The van der Waals surface area contributed by atoms with Crippen LogP contribution in [0.15, 0.2) is 0 Å². The van der Waals surface area contributed by atoms with Crippen LogP contribution >= 0.6 is 0 Å². The maximum Gasteiger partial charge on any atom is 0.306 e. The molecule has 0 N–H and O–H groups in total. The van der Waals surface area contributed by atoms with Gasteiger partial charge in [0, 0.05) is 19.3 Å². The molecular formula is C51H98O6. The Balaban J connectivity index is 4.31. The van der Waals surface area contributed by atoms with Crippen LogP contribution in [0.1, 0.15) is 285 Å². The molecule has 1 unspecified atom stereocenters. The van der Waals surface area contributed by atoms with Gasteiger partial charge in [-0.1, -0.05) is 246 Å². The fraction of sp³-hybridized carbons (Fsp3) is 0.941. The van der Waals surface area contributed by atoms with Gasteiger partial charge >= 0.3 is 17.9 Å². The van der Waals surface area contributed by atoms with Gasteiger partial charge in [-0.3, -0.25) is 14.4 Å². The topological polar surface area (TPSA) is 78.9 Å². The highest BCUT2D eigenvalue weighted by molar-refractivity contribution is 5.71. The number of ether oxygens (including phenoxy) is 3. The van der Waals surface area contributed by atoms with Crippen molar-refractivity contribution in [3.63, 3.8) is 0 Å². The Bertz CT molecular complexity index is 859. The number of carbonyl (C=O) groups is 3. The average Bonchev–Trinajstić information content (AvgIpc) is 3.21. The standard InChI is InChI=1S/C51H98O6/c1-5-8-10-12-14-16-18-20-21-22-24-26-31-35-39-43-50(53)56-46-48(57-51(54)44-40-36-32-28-27-29-33-37-41-47(4)7-3)45-55-49(52)42-38-34-30-25-23-19-17-15-13-11-9-6-2/h47-48H,5-46H2,1-4H3/t47?,48-/m0/s1. The van der Waals surface area contributed by atoms with E-state index in [0.29, 0.717) is 19.3 Å². The van der Waals surface area contributed by atoms with Gasteiger partial charge in [0.25, 0.3) is 0 Å². The van der Waals surface area contributed by atoms with E-state index in [9.17, 15) is 14.4 Å². The van der Waals surface area contributed by atoms with Crippen molar-refractivity contribution < 1.29 is 28.6 Å². The van der Waals surface area contributed by atoms with Crippen LogP contribution in [0.25, 0.3) is 0 Å². The summed E-state index contributed by atoms with van der Waals surface area (Å²) in [6, 6.07) is 0. The van der Waals surface area contributed by atoms with Gasteiger partial charge in [0.15, 0.2) is 6.10 Å². The smallest absolute Gasteiger partial charge is 0.306 e. The van der Waals surface area contributed by atoms with Crippen molar-refractivity contribution in [1.29, 1.82) is 0 Å². The molecule has 6 heteroatoms. The van der Waals surface area contributed by atoms with E-state index in [-0.39, 0.29) is 31.1 Å². The molecule has 0 aliphatic rings. The van der Waals surface area contributed by atoms with E-state index in [0.717, 1.165) is 63.7 Å². The molecule has 57 heavy (non-hydrogen) atoms. The molecule has 0 rings (SSSR count). The second-order valence-corrected chi connectivity index (χ2v) is 17.7. The lowest BCUT2D eigenvalue weighted by atomic mass is 9.99. The lowest BCUT2D eigenvalue weighted by Gasteiger charge is -2.18. The van der Waals surface area contributed by atoms with E-state index >= 15 is 0 Å². The summed E-state index contributed by atoms with van der Waals surface area (Å²) in [6.07, 6.45) is 46.5. The maximum absolute atomic E-state index is 12.8. The molecule has 0 saturated heterocycles. The predicted octanol–water partition coefficient (Wildman–Crippen LogP) is 16.3. The highest BCUT2D eigenvalue weighted by Crippen LogP contribution is 2.17. The van der Waals surface area contributed by atoms with E-state index in [1.807, 2.05) is 0 Å². The Morgan fingerprint density at radius 3 is 0.912 bits per heavy atom. The van der Waals surface area contributed by atoms with E-state index in [1.54, 1.807) is 0 Å². The molecule has 0 saturated carbocycles. The van der Waals surface area contributed by atoms with Gasteiger partial charge in [-0.25, -0.2) is 0 Å². The summed E-state index contributed by atoms with van der Waals surface area (Å²) in [5.74, 6) is -0.00253. The average molecular weight is 807 g/mol. The van der Waals surface area contributed by atoms with Crippen molar-refractivity contribution in [3.8, 4) is 0 Å². The molecule has 0 aliphatic carbocycles. The van der Waals surface area contributed by atoms with E-state index in [2.05, 4.69) is 27.7 Å². The van der Waals surface area contributed by atoms with E-state index < -0.39 is 6.10 Å². The summed E-state index contributed by atoms with van der Waals surface area (Å²) in [5.41, 5.74) is 0. The predicted molar refractivity (Wildman–Crippen MR) is 243 cm³/mol. The summed E-state index contributed by atoms with van der Waals surface area (Å²) in [5, 5.41) is 0. The minimum Gasteiger partial charge on any atom is -0.462 e. The highest BCUT2D eigenvalue weighted by Gasteiger charge is 2.19. The first kappa shape index (κ1) is 55.4. The Morgan fingerprint density at radius 1 is 0.351 bits per heavy atom. The number of rotatable bonds is 46. The van der Waals surface area contributed by atoms with Gasteiger partial charge in [0.2, 0.25) is 0 Å². The Hall–Kier alpha value is -1.59. The number of unbranched alkanes of at least 4 members (excludes halogenated alkanes) is 32. The maximum atomic E-state index is 12.8. The van der Waals surface area contributed by atoms with Gasteiger partial charge in [-0.05, 0) is 25.2 Å². The molecule has 338 valence electrons. The fourth-order valence-corrected chi connectivity index (χ4v) is 7.66. The Morgan fingerprint density at radius 2 is 0.614 bits per heavy atom. The minimum absolute atomic E-state index is 0.0633. The first-order chi connectivity index (χ1) is 27.9. The van der Waals surface area contributed by atoms with Crippen molar-refractivity contribution in [2.75, 3.05) is 13.2 Å². The molecule has 0 aromatic rings. The van der Waals surface area contributed by atoms with Crippen LogP contribution in [0.2, 0.25) is 0 Å². The zero-order valence-corrected chi connectivity index (χ0v) is 38.8. The van der Waals surface area contributed by atoms with Gasteiger partial charge in [-0.15, -0.1) is 0 Å². The molecule has 0 radical (unpaired) electrons. The Kier molecular flexibility index (Phi) is 44.2. The zero-order chi connectivity index (χ0) is 41.7. The van der Waals surface area contributed by atoms with Crippen LogP contribution in [0.3, 0.4) is 0 Å². The molecule has 2 atom stereocenters. The van der Waals surface area contributed by atoms with Gasteiger partial charge in [0.1, 0.15) is 13.2 Å². The molecule has 0 bridgehead atoms. The van der Waals surface area contributed by atoms with Crippen LogP contribution < -0.4 is 0 Å². The number of esters is 3. The van der Waals surface area contributed by atoms with Gasteiger partial charge < -0.3 is 14.2 Å². The SMILES string of the molecule is CCCCCCCCCCCCCCCCCC(=O)OC[C@H](COC(=O)CCCCCCCCCCCCCC)OC(=O)CCCCCCCCCCC(C)CC. The van der Waals surface area contributed by atoms with Crippen molar-refractivity contribution in [3.05, 3.63) is 0 Å². The molecular weight excluding hydrogens is 709 g/mol. The molecule has 0 heterocycles. The zero-order valence-electron chi connectivity index (χ0n) is 38.8. The van der Waals surface area contributed by atoms with Crippen LogP contribution in [-0.4, -0.2) is 37.2 Å². The highest BCUT2D eigenvalue weighted by atomic mass is 16.6. The second-order valence-electron chi connectivity index (χ2n) is 17.7. The Labute approximate surface area is 355 Å². The van der Waals surface area contributed by atoms with E-state index in [1.165, 1.54) is 180 Å². The van der Waals surface area contributed by atoms with Crippen molar-refractivity contribution in [2.24, 2.45) is 5.92 Å². The normalized spacial score (nSPS) is 12.4. The molecule has 0 amide bonds. The largest absolute Gasteiger partial charge is 0.462 e. The minimum atomic E-state index is -0.760. The summed E-state index contributed by atoms with van der Waals surface area (Å²) < 4.78 is 16.8. The molecule has 6 nitrogen and oxygen atoms in total. The second kappa shape index (κ2) is 45.5. The number of hydrogen-bond donors (Lipinski definition) is 0. The molecule has 0 aromatic carbocycles. The first-order valence-corrected chi connectivity index (χ1v) is 25.4. The first-order valence-electron chi connectivity index (χ1n) is 25.4. The van der Waals surface area contributed by atoms with Crippen LogP contribution in [0.4, 0.5) is 0 Å². The summed E-state index contributed by atoms with van der Waals surface area (Å²) in [4.78, 5) is 37.9. The van der Waals surface area contributed by atoms with Crippen LogP contribution in [-0.2, 0) is 28.6 Å². The molecule has 0 aliphatic heterocycles. The summed E-state index contributed by atoms with van der Waals surface area (Å²) >= 11 is 0. The third-order valence-corrected chi connectivity index (χ3v) is 11.9. The monoisotopic (exact) mass is 807 g/mol. The molecule has 0 fully saturated rings.